The third-order valence-corrected chi connectivity index (χ3v) is 1.53. The van der Waals surface area contributed by atoms with Gasteiger partial charge in [-0.25, -0.2) is 9.97 Å². The molecular weight excluding hydrogens is 200 g/mol. The Balaban J connectivity index is 0.000000980. The maximum absolute atomic E-state index is 4.03. The van der Waals surface area contributed by atoms with Crippen molar-refractivity contribution in [1.82, 2.24) is 15.0 Å². The number of halogens is 1. The van der Waals surface area contributed by atoms with Crippen LogP contribution in [-0.4, -0.2) is 15.0 Å². The molecule has 14 heavy (non-hydrogen) atoms. The van der Waals surface area contributed by atoms with Gasteiger partial charge >= 0.3 is 0 Å². The molecule has 0 unspecified atom stereocenters. The number of pyridine rings is 1. The summed E-state index contributed by atoms with van der Waals surface area (Å²) in [6.45, 7) is 0. The van der Waals surface area contributed by atoms with E-state index in [0.717, 1.165) is 11.5 Å². The van der Waals surface area contributed by atoms with E-state index in [9.17, 15) is 0 Å². The van der Waals surface area contributed by atoms with Crippen molar-refractivity contribution < 1.29 is 0 Å². The van der Waals surface area contributed by atoms with Crippen LogP contribution in [0.15, 0.2) is 43.1 Å². The lowest BCUT2D eigenvalue weighted by Gasteiger charge is -2.02. The third kappa shape index (κ3) is 2.67. The number of nitrogens with one attached hydrogen (secondary N) is 1. The van der Waals surface area contributed by atoms with Gasteiger partial charge in [-0.3, -0.25) is 4.98 Å². The van der Waals surface area contributed by atoms with Gasteiger partial charge in [-0.2, -0.15) is 0 Å². The van der Waals surface area contributed by atoms with Crippen LogP contribution in [0, 0.1) is 0 Å². The van der Waals surface area contributed by atoms with E-state index < -0.39 is 0 Å². The number of hydrogen-bond acceptors (Lipinski definition) is 4. The van der Waals surface area contributed by atoms with Gasteiger partial charge in [-0.1, -0.05) is 0 Å². The highest BCUT2D eigenvalue weighted by molar-refractivity contribution is 5.85. The van der Waals surface area contributed by atoms with Gasteiger partial charge in [0.2, 0.25) is 0 Å². The van der Waals surface area contributed by atoms with Crippen LogP contribution >= 0.6 is 12.4 Å². The van der Waals surface area contributed by atoms with Crippen LogP contribution in [0.4, 0.5) is 11.5 Å². The van der Waals surface area contributed by atoms with Gasteiger partial charge in [0.1, 0.15) is 12.1 Å². The molecule has 2 heterocycles. The van der Waals surface area contributed by atoms with E-state index in [2.05, 4.69) is 20.3 Å². The average Bonchev–Trinajstić information content (AvgIpc) is 2.21. The molecule has 0 amide bonds. The molecule has 72 valence electrons. The van der Waals surface area contributed by atoms with Crippen molar-refractivity contribution in [2.75, 3.05) is 5.32 Å². The lowest BCUT2D eigenvalue weighted by Crippen LogP contribution is -1.92. The Kier molecular flexibility index (Phi) is 3.82. The summed E-state index contributed by atoms with van der Waals surface area (Å²) in [6, 6.07) is 5.56. The van der Waals surface area contributed by atoms with Crippen molar-refractivity contribution in [3.63, 3.8) is 0 Å². The van der Waals surface area contributed by atoms with E-state index in [1.54, 1.807) is 24.7 Å². The number of nitrogens with zero attached hydrogens (tertiary/aromatic N) is 3. The van der Waals surface area contributed by atoms with Crippen LogP contribution in [0.25, 0.3) is 0 Å². The minimum atomic E-state index is 0. The largest absolute Gasteiger partial charge is 0.340 e. The monoisotopic (exact) mass is 208 g/mol. The average molecular weight is 209 g/mol. The highest BCUT2D eigenvalue weighted by Gasteiger charge is 1.92. The fourth-order valence-electron chi connectivity index (χ4n) is 0.948. The van der Waals surface area contributed by atoms with Crippen molar-refractivity contribution in [3.8, 4) is 0 Å². The van der Waals surface area contributed by atoms with Crippen LogP contribution in [0.3, 0.4) is 0 Å². The quantitative estimate of drug-likeness (QED) is 0.821. The minimum absolute atomic E-state index is 0. The smallest absolute Gasteiger partial charge is 0.133 e. The lowest BCUT2D eigenvalue weighted by atomic mass is 10.4. The Morgan fingerprint density at radius 3 is 2.29 bits per heavy atom. The first-order valence-electron chi connectivity index (χ1n) is 3.88. The molecule has 5 heteroatoms. The number of aromatic nitrogens is 3. The van der Waals surface area contributed by atoms with Gasteiger partial charge in [-0.05, 0) is 18.2 Å². The van der Waals surface area contributed by atoms with E-state index in [-0.39, 0.29) is 12.4 Å². The zero-order valence-corrected chi connectivity index (χ0v) is 8.11. The molecule has 2 aromatic rings. The van der Waals surface area contributed by atoms with Crippen molar-refractivity contribution in [3.05, 3.63) is 43.1 Å². The Bertz CT molecular complexity index is 328. The van der Waals surface area contributed by atoms with Crippen LogP contribution in [-0.2, 0) is 0 Å². The standard InChI is InChI=1S/C9H8N4.ClH/c1-4-10-5-2-8(1)13-9-3-6-11-7-12-9;/h1-7H,(H,10,11,12,13);1H. The summed E-state index contributed by atoms with van der Waals surface area (Å²) in [5.74, 6) is 0.779. The fourth-order valence-corrected chi connectivity index (χ4v) is 0.948. The van der Waals surface area contributed by atoms with Gasteiger partial charge in [0, 0.05) is 24.3 Å². The van der Waals surface area contributed by atoms with Crippen molar-refractivity contribution >= 4 is 23.9 Å². The molecule has 0 radical (unpaired) electrons. The predicted octanol–water partition coefficient (Wildman–Crippen LogP) is 2.04. The highest BCUT2D eigenvalue weighted by atomic mass is 35.5. The van der Waals surface area contributed by atoms with Crippen molar-refractivity contribution in [1.29, 1.82) is 0 Å². The van der Waals surface area contributed by atoms with Gasteiger partial charge in [0.05, 0.1) is 0 Å². The second-order valence-corrected chi connectivity index (χ2v) is 2.46. The summed E-state index contributed by atoms with van der Waals surface area (Å²) in [4.78, 5) is 11.8. The molecule has 1 N–H and O–H groups in total. The summed E-state index contributed by atoms with van der Waals surface area (Å²) in [5, 5.41) is 3.11. The zero-order valence-electron chi connectivity index (χ0n) is 7.29. The molecule has 0 saturated heterocycles. The van der Waals surface area contributed by atoms with Gasteiger partial charge in [0.15, 0.2) is 0 Å². The molecule has 4 nitrogen and oxygen atoms in total. The molecule has 0 aliphatic heterocycles. The normalized spacial score (nSPS) is 8.86. The highest BCUT2D eigenvalue weighted by Crippen LogP contribution is 2.10. The Morgan fingerprint density at radius 2 is 1.64 bits per heavy atom. The van der Waals surface area contributed by atoms with E-state index in [4.69, 9.17) is 0 Å². The fraction of sp³-hybridized carbons (Fsp3) is 0. The summed E-state index contributed by atoms with van der Waals surface area (Å²) >= 11 is 0. The minimum Gasteiger partial charge on any atom is -0.340 e. The molecule has 0 fully saturated rings. The number of anilines is 2. The Hall–Kier alpha value is -1.68. The maximum Gasteiger partial charge on any atom is 0.133 e. The SMILES string of the molecule is Cl.c1cc(Nc2ccncn2)ccn1. The van der Waals surface area contributed by atoms with E-state index >= 15 is 0 Å². The topological polar surface area (TPSA) is 50.7 Å². The lowest BCUT2D eigenvalue weighted by molar-refractivity contribution is 1.17. The molecule has 2 aromatic heterocycles. The summed E-state index contributed by atoms with van der Waals surface area (Å²) in [7, 11) is 0. The molecule has 0 spiro atoms. The first-order valence-corrected chi connectivity index (χ1v) is 3.88. The first kappa shape index (κ1) is 10.4. The number of hydrogen-bond donors (Lipinski definition) is 1. The maximum atomic E-state index is 4.03. The zero-order chi connectivity index (χ0) is 8.93. The van der Waals surface area contributed by atoms with Gasteiger partial charge in [-0.15, -0.1) is 12.4 Å². The Labute approximate surface area is 87.9 Å². The van der Waals surface area contributed by atoms with Crippen molar-refractivity contribution in [2.45, 2.75) is 0 Å². The first-order chi connectivity index (χ1) is 6.45. The Morgan fingerprint density at radius 1 is 0.929 bits per heavy atom. The third-order valence-electron chi connectivity index (χ3n) is 1.53. The predicted molar refractivity (Wildman–Crippen MR) is 56.8 cm³/mol. The molecule has 0 aromatic carbocycles. The molecule has 0 atom stereocenters. The molecule has 0 saturated carbocycles. The molecular formula is C9H9ClN4. The van der Waals surface area contributed by atoms with Crippen LogP contribution < -0.4 is 5.32 Å². The van der Waals surface area contributed by atoms with Crippen LogP contribution in [0.1, 0.15) is 0 Å². The van der Waals surface area contributed by atoms with E-state index in [1.165, 1.54) is 6.33 Å². The molecule has 2 rings (SSSR count). The summed E-state index contributed by atoms with van der Waals surface area (Å²) < 4.78 is 0. The summed E-state index contributed by atoms with van der Waals surface area (Å²) in [6.07, 6.45) is 6.65. The molecule has 0 aliphatic carbocycles. The van der Waals surface area contributed by atoms with E-state index in [0.29, 0.717) is 0 Å². The molecule has 0 bridgehead atoms. The van der Waals surface area contributed by atoms with Gasteiger partial charge < -0.3 is 5.32 Å². The van der Waals surface area contributed by atoms with Crippen molar-refractivity contribution in [2.24, 2.45) is 0 Å². The van der Waals surface area contributed by atoms with E-state index in [1.807, 2.05) is 12.1 Å². The second kappa shape index (κ2) is 5.14. The second-order valence-electron chi connectivity index (χ2n) is 2.46. The van der Waals surface area contributed by atoms with Gasteiger partial charge in [0.25, 0.3) is 0 Å². The van der Waals surface area contributed by atoms with Crippen LogP contribution in [0.2, 0.25) is 0 Å². The molecule has 0 aliphatic rings. The summed E-state index contributed by atoms with van der Waals surface area (Å²) in [5.41, 5.74) is 0.966. The van der Waals surface area contributed by atoms with Crippen LogP contribution in [0.5, 0.6) is 0 Å². The number of rotatable bonds is 2.